The van der Waals surface area contributed by atoms with Crippen LogP contribution in [0.15, 0.2) is 0 Å². The van der Waals surface area contributed by atoms with E-state index < -0.39 is 0 Å². The van der Waals surface area contributed by atoms with Gasteiger partial charge < -0.3 is 15.0 Å². The number of piperidine rings is 1. The van der Waals surface area contributed by atoms with Crippen LogP contribution in [0.3, 0.4) is 0 Å². The Balaban J connectivity index is 1.30. The first-order chi connectivity index (χ1) is 10.3. The first-order valence-electron chi connectivity index (χ1n) is 8.89. The van der Waals surface area contributed by atoms with Crippen molar-refractivity contribution in [3.63, 3.8) is 0 Å². The second kappa shape index (κ2) is 7.59. The summed E-state index contributed by atoms with van der Waals surface area (Å²) in [5.74, 6) is 2.07. The zero-order valence-corrected chi connectivity index (χ0v) is 13.2. The maximum absolute atomic E-state index is 11.9. The van der Waals surface area contributed by atoms with E-state index in [9.17, 15) is 4.79 Å². The van der Waals surface area contributed by atoms with Gasteiger partial charge in [-0.2, -0.15) is 0 Å². The van der Waals surface area contributed by atoms with Gasteiger partial charge in [0, 0.05) is 25.6 Å². The van der Waals surface area contributed by atoms with Gasteiger partial charge in [0.1, 0.15) is 0 Å². The molecule has 0 aromatic rings. The van der Waals surface area contributed by atoms with Gasteiger partial charge in [-0.3, -0.25) is 4.79 Å². The summed E-state index contributed by atoms with van der Waals surface area (Å²) in [6, 6.07) is 0. The number of ether oxygens (including phenoxy) is 1. The highest BCUT2D eigenvalue weighted by Gasteiger charge is 2.27. The number of carbonyl (C=O) groups excluding carboxylic acids is 1. The molecule has 1 aliphatic carbocycles. The van der Waals surface area contributed by atoms with Gasteiger partial charge in [-0.05, 0) is 63.5 Å². The molecule has 4 heteroatoms. The summed E-state index contributed by atoms with van der Waals surface area (Å²) in [7, 11) is 0. The summed E-state index contributed by atoms with van der Waals surface area (Å²) in [5, 5.41) is 3.17. The minimum absolute atomic E-state index is 0.308. The highest BCUT2D eigenvalue weighted by molar-refractivity contribution is 5.79. The third-order valence-corrected chi connectivity index (χ3v) is 5.52. The molecule has 2 aliphatic heterocycles. The van der Waals surface area contributed by atoms with Gasteiger partial charge in [0.05, 0.1) is 6.61 Å². The third-order valence-electron chi connectivity index (χ3n) is 5.52. The van der Waals surface area contributed by atoms with E-state index in [4.69, 9.17) is 4.74 Å². The van der Waals surface area contributed by atoms with E-state index in [1.54, 1.807) is 0 Å². The van der Waals surface area contributed by atoms with Crippen LogP contribution in [0.2, 0.25) is 0 Å². The Kier molecular flexibility index (Phi) is 5.53. The van der Waals surface area contributed by atoms with Crippen LogP contribution in [0.5, 0.6) is 0 Å². The average molecular weight is 294 g/mol. The number of carbonyl (C=O) groups is 1. The molecule has 1 atom stereocenters. The lowest BCUT2D eigenvalue weighted by Gasteiger charge is -2.35. The highest BCUT2D eigenvalue weighted by atomic mass is 16.5. The van der Waals surface area contributed by atoms with Crippen molar-refractivity contribution in [2.24, 2.45) is 17.8 Å². The van der Waals surface area contributed by atoms with E-state index in [2.05, 4.69) is 10.2 Å². The standard InChI is InChI=1S/C17H30N2O2/c20-17(16-4-1-5-16)18-11-14-6-8-19(9-7-14)12-15-3-2-10-21-13-15/h14-16H,1-13H2,(H,18,20). The summed E-state index contributed by atoms with van der Waals surface area (Å²) < 4.78 is 5.57. The van der Waals surface area contributed by atoms with E-state index in [0.717, 1.165) is 38.5 Å². The van der Waals surface area contributed by atoms with Crippen molar-refractivity contribution in [2.45, 2.75) is 44.9 Å². The molecule has 0 radical (unpaired) electrons. The molecular weight excluding hydrogens is 264 g/mol. The Morgan fingerprint density at radius 1 is 1.05 bits per heavy atom. The van der Waals surface area contributed by atoms with Crippen molar-refractivity contribution >= 4 is 5.91 Å². The molecule has 3 rings (SSSR count). The maximum Gasteiger partial charge on any atom is 0.223 e. The minimum atomic E-state index is 0.308. The number of rotatable bonds is 5. The molecule has 0 spiro atoms. The molecule has 2 heterocycles. The second-order valence-electron chi connectivity index (χ2n) is 7.20. The Hall–Kier alpha value is -0.610. The van der Waals surface area contributed by atoms with Gasteiger partial charge in [0.2, 0.25) is 5.91 Å². The Morgan fingerprint density at radius 2 is 1.86 bits per heavy atom. The summed E-state index contributed by atoms with van der Waals surface area (Å²) in [6.45, 7) is 6.41. The molecule has 1 unspecified atom stereocenters. The fourth-order valence-corrected chi connectivity index (χ4v) is 3.75. The first kappa shape index (κ1) is 15.3. The smallest absolute Gasteiger partial charge is 0.223 e. The van der Waals surface area contributed by atoms with Crippen molar-refractivity contribution in [2.75, 3.05) is 39.4 Å². The van der Waals surface area contributed by atoms with Gasteiger partial charge in [0.25, 0.3) is 0 Å². The number of amides is 1. The Bertz CT molecular complexity index is 330. The largest absolute Gasteiger partial charge is 0.381 e. The summed E-state index contributed by atoms with van der Waals surface area (Å²) in [5.41, 5.74) is 0. The molecule has 120 valence electrons. The number of nitrogens with zero attached hydrogens (tertiary/aromatic N) is 1. The summed E-state index contributed by atoms with van der Waals surface area (Å²) in [6.07, 6.45) is 8.48. The van der Waals surface area contributed by atoms with Crippen molar-refractivity contribution in [3.05, 3.63) is 0 Å². The molecule has 4 nitrogen and oxygen atoms in total. The van der Waals surface area contributed by atoms with Gasteiger partial charge in [-0.25, -0.2) is 0 Å². The van der Waals surface area contributed by atoms with Crippen molar-refractivity contribution in [3.8, 4) is 0 Å². The second-order valence-corrected chi connectivity index (χ2v) is 7.20. The molecule has 21 heavy (non-hydrogen) atoms. The lowest BCUT2D eigenvalue weighted by Crippen LogP contribution is -2.43. The van der Waals surface area contributed by atoms with E-state index in [1.807, 2.05) is 0 Å². The third kappa shape index (κ3) is 4.43. The maximum atomic E-state index is 11.9. The normalized spacial score (nSPS) is 29.0. The first-order valence-corrected chi connectivity index (χ1v) is 8.89. The van der Waals surface area contributed by atoms with Crippen LogP contribution < -0.4 is 5.32 Å². The molecule has 1 N–H and O–H groups in total. The van der Waals surface area contributed by atoms with Crippen LogP contribution in [-0.2, 0) is 9.53 Å². The van der Waals surface area contributed by atoms with Crippen LogP contribution in [-0.4, -0.2) is 50.2 Å². The Labute approximate surface area is 128 Å². The minimum Gasteiger partial charge on any atom is -0.381 e. The van der Waals surface area contributed by atoms with Gasteiger partial charge in [0.15, 0.2) is 0 Å². The van der Waals surface area contributed by atoms with E-state index in [1.165, 1.54) is 51.7 Å². The fourth-order valence-electron chi connectivity index (χ4n) is 3.75. The van der Waals surface area contributed by atoms with E-state index in [-0.39, 0.29) is 0 Å². The van der Waals surface area contributed by atoms with Crippen LogP contribution >= 0.6 is 0 Å². The van der Waals surface area contributed by atoms with Crippen LogP contribution in [0.25, 0.3) is 0 Å². The molecular formula is C17H30N2O2. The highest BCUT2D eigenvalue weighted by Crippen LogP contribution is 2.26. The van der Waals surface area contributed by atoms with E-state index >= 15 is 0 Å². The molecule has 1 amide bonds. The number of likely N-dealkylation sites (tertiary alicyclic amines) is 1. The fraction of sp³-hybridized carbons (Fsp3) is 0.941. The zero-order valence-electron chi connectivity index (χ0n) is 13.2. The zero-order chi connectivity index (χ0) is 14.5. The molecule has 2 saturated heterocycles. The molecule has 3 aliphatic rings. The van der Waals surface area contributed by atoms with Gasteiger partial charge >= 0.3 is 0 Å². The van der Waals surface area contributed by atoms with E-state index in [0.29, 0.717) is 17.7 Å². The van der Waals surface area contributed by atoms with Crippen LogP contribution in [0.4, 0.5) is 0 Å². The molecule has 0 aromatic carbocycles. The lowest BCUT2D eigenvalue weighted by molar-refractivity contribution is -0.127. The molecule has 1 saturated carbocycles. The van der Waals surface area contributed by atoms with Crippen molar-refractivity contribution in [1.29, 1.82) is 0 Å². The summed E-state index contributed by atoms with van der Waals surface area (Å²) >= 11 is 0. The van der Waals surface area contributed by atoms with Crippen LogP contribution in [0.1, 0.15) is 44.9 Å². The quantitative estimate of drug-likeness (QED) is 0.843. The Morgan fingerprint density at radius 3 is 2.48 bits per heavy atom. The van der Waals surface area contributed by atoms with Crippen molar-refractivity contribution in [1.82, 2.24) is 10.2 Å². The van der Waals surface area contributed by atoms with Crippen LogP contribution in [0, 0.1) is 17.8 Å². The predicted molar refractivity (Wildman–Crippen MR) is 83.1 cm³/mol. The SMILES string of the molecule is O=C(NCC1CCN(CC2CCCOC2)CC1)C1CCC1. The van der Waals surface area contributed by atoms with Crippen molar-refractivity contribution < 1.29 is 9.53 Å². The number of hydrogen-bond donors (Lipinski definition) is 1. The predicted octanol–water partition coefficient (Wildman–Crippen LogP) is 2.04. The number of nitrogens with one attached hydrogen (secondary N) is 1. The van der Waals surface area contributed by atoms with Gasteiger partial charge in [-0.1, -0.05) is 6.42 Å². The topological polar surface area (TPSA) is 41.6 Å². The molecule has 0 bridgehead atoms. The molecule has 3 fully saturated rings. The number of hydrogen-bond acceptors (Lipinski definition) is 3. The molecule has 0 aromatic heterocycles. The lowest BCUT2D eigenvalue weighted by atomic mass is 9.84. The monoisotopic (exact) mass is 294 g/mol. The summed E-state index contributed by atoms with van der Waals surface area (Å²) in [4.78, 5) is 14.5. The average Bonchev–Trinajstić information content (AvgIpc) is 2.46. The van der Waals surface area contributed by atoms with Gasteiger partial charge in [-0.15, -0.1) is 0 Å².